The summed E-state index contributed by atoms with van der Waals surface area (Å²) in [6.45, 7) is 1.21. The molecule has 0 heterocycles. The van der Waals surface area contributed by atoms with Crippen LogP contribution in [0.1, 0.15) is 17.6 Å². The first-order valence-electron chi connectivity index (χ1n) is 2.62. The Balaban J connectivity index is -0.0000000333. The van der Waals surface area contributed by atoms with Crippen molar-refractivity contribution in [3.05, 3.63) is 0 Å². The molecule has 11 heteroatoms. The van der Waals surface area contributed by atoms with Crippen LogP contribution in [0, 0.1) is 0 Å². The van der Waals surface area contributed by atoms with E-state index in [9.17, 15) is 16.8 Å². The molecular weight excluding hydrogens is 265 g/mol. The third kappa shape index (κ3) is 10.0. The Kier molecular flexibility index (Phi) is 17.9. The van der Waals surface area contributed by atoms with E-state index in [0.29, 0.717) is 0 Å². The summed E-state index contributed by atoms with van der Waals surface area (Å²) >= 11 is 0. The molecule has 0 saturated carbocycles. The smallest absolute Gasteiger partial charge is 1.00 e. The zero-order valence-corrected chi connectivity index (χ0v) is 16.3. The van der Waals surface area contributed by atoms with Crippen LogP contribution < -0.4 is 88.7 Å². The molecule has 0 spiro atoms. The minimum Gasteiger partial charge on any atom is -1.00 e. The Labute approximate surface area is 154 Å². The number of hydrogen-bond acceptors (Lipinski definition) is 4. The largest absolute Gasteiger partial charge is 1.00 e. The van der Waals surface area contributed by atoms with E-state index >= 15 is 0 Å². The zero-order valence-electron chi connectivity index (χ0n) is 11.6. The van der Waals surface area contributed by atoms with Crippen molar-refractivity contribution in [2.75, 3.05) is 0 Å². The quantitative estimate of drug-likeness (QED) is 0.391. The normalized spacial score (nSPS) is 10.9. The second-order valence-corrected chi connectivity index (χ2v) is 5.36. The van der Waals surface area contributed by atoms with Crippen molar-refractivity contribution in [2.45, 2.75) is 17.9 Å². The fourth-order valence-corrected chi connectivity index (χ4v) is 2.65. The predicted molar refractivity (Wildman–Crippen MR) is 40.5 cm³/mol. The van der Waals surface area contributed by atoms with E-state index in [4.69, 9.17) is 9.11 Å². The third-order valence-electron chi connectivity index (χ3n) is 0.998. The van der Waals surface area contributed by atoms with Crippen LogP contribution in [0.2, 0.25) is 0 Å². The average Bonchev–Trinajstić information content (AvgIpc) is 1.56. The Bertz CT molecular complexity index is 300. The topological polar surface area (TPSA) is 109 Å². The van der Waals surface area contributed by atoms with Gasteiger partial charge in [-0.3, -0.25) is 9.11 Å². The van der Waals surface area contributed by atoms with Crippen LogP contribution in [0.5, 0.6) is 0 Å². The van der Waals surface area contributed by atoms with Crippen LogP contribution in [0.4, 0.5) is 0 Å². The summed E-state index contributed by atoms with van der Waals surface area (Å²) in [5.74, 6) is 0. The standard InChI is InChI=1S/C3H8O6S2.3Na.3H/c1-2-3(10(4,5)6)11(7,8)9;;;;;;/h3H,2H2,1H3,(H,4,5,6)(H,7,8,9);;;;;;/q;3*+1;3*-1. The van der Waals surface area contributed by atoms with Crippen molar-refractivity contribution in [3.8, 4) is 0 Å². The van der Waals surface area contributed by atoms with Gasteiger partial charge in [0.25, 0.3) is 20.2 Å². The van der Waals surface area contributed by atoms with E-state index in [1.807, 2.05) is 0 Å². The molecule has 6 nitrogen and oxygen atoms in total. The molecule has 0 unspecified atom stereocenters. The average molecular weight is 276 g/mol. The molecule has 14 heavy (non-hydrogen) atoms. The van der Waals surface area contributed by atoms with Gasteiger partial charge in [0.2, 0.25) is 4.58 Å². The summed E-state index contributed by atoms with van der Waals surface area (Å²) in [4.78, 5) is 0. The summed E-state index contributed by atoms with van der Waals surface area (Å²) in [5, 5.41) is 0. The van der Waals surface area contributed by atoms with E-state index in [1.165, 1.54) is 6.92 Å². The summed E-state index contributed by atoms with van der Waals surface area (Å²) in [7, 11) is -9.42. The second-order valence-electron chi connectivity index (χ2n) is 1.87. The van der Waals surface area contributed by atoms with Gasteiger partial charge in [-0.15, -0.1) is 0 Å². The molecule has 2 N–H and O–H groups in total. The van der Waals surface area contributed by atoms with Gasteiger partial charge in [-0.25, -0.2) is 0 Å². The van der Waals surface area contributed by atoms with E-state index in [2.05, 4.69) is 0 Å². The van der Waals surface area contributed by atoms with E-state index < -0.39 is 31.2 Å². The van der Waals surface area contributed by atoms with E-state index in [-0.39, 0.29) is 93.0 Å². The Morgan fingerprint density at radius 3 is 1.21 bits per heavy atom. The maximum atomic E-state index is 10.2. The molecule has 0 rings (SSSR count). The molecule has 0 saturated heterocycles. The van der Waals surface area contributed by atoms with Gasteiger partial charge in [0, 0.05) is 0 Å². The summed E-state index contributed by atoms with van der Waals surface area (Å²) in [6.07, 6.45) is -0.391. The molecule has 0 amide bonds. The fourth-order valence-electron chi connectivity index (χ4n) is 0.575. The van der Waals surface area contributed by atoms with Gasteiger partial charge < -0.3 is 4.28 Å². The van der Waals surface area contributed by atoms with Crippen LogP contribution >= 0.6 is 0 Å². The van der Waals surface area contributed by atoms with Crippen LogP contribution in [-0.4, -0.2) is 30.5 Å². The minimum absolute atomic E-state index is 0. The van der Waals surface area contributed by atoms with Gasteiger partial charge in [0.1, 0.15) is 0 Å². The maximum absolute atomic E-state index is 10.2. The van der Waals surface area contributed by atoms with Gasteiger partial charge in [-0.2, -0.15) is 16.8 Å². The molecule has 0 radical (unpaired) electrons. The Hall–Kier alpha value is 2.82. The Morgan fingerprint density at radius 2 is 1.21 bits per heavy atom. The Morgan fingerprint density at radius 1 is 1.00 bits per heavy atom. The van der Waals surface area contributed by atoms with Crippen LogP contribution in [0.25, 0.3) is 0 Å². The van der Waals surface area contributed by atoms with Crippen molar-refractivity contribution in [3.63, 3.8) is 0 Å². The van der Waals surface area contributed by atoms with Crippen molar-refractivity contribution in [1.29, 1.82) is 0 Å². The summed E-state index contributed by atoms with van der Waals surface area (Å²) in [5.41, 5.74) is 0. The summed E-state index contributed by atoms with van der Waals surface area (Å²) in [6, 6.07) is 0. The first kappa shape index (κ1) is 25.6. The molecule has 0 aliphatic rings. The van der Waals surface area contributed by atoms with E-state index in [1.54, 1.807) is 0 Å². The van der Waals surface area contributed by atoms with Gasteiger partial charge in [-0.1, -0.05) is 6.92 Å². The SMILES string of the molecule is CCC(S(=O)(=O)O)S(=O)(=O)O.[H-].[H-].[H-].[Na+].[Na+].[Na+]. The van der Waals surface area contributed by atoms with Crippen molar-refractivity contribution >= 4 is 20.2 Å². The first-order valence-corrected chi connectivity index (χ1v) is 5.63. The molecule has 74 valence electrons. The fraction of sp³-hybridized carbons (Fsp3) is 1.00. The molecule has 0 aliphatic heterocycles. The molecule has 0 atom stereocenters. The van der Waals surface area contributed by atoms with Crippen molar-refractivity contribution < 1.29 is 119 Å². The number of rotatable bonds is 3. The molecule has 0 aromatic carbocycles. The van der Waals surface area contributed by atoms with Gasteiger partial charge >= 0.3 is 88.7 Å². The van der Waals surface area contributed by atoms with Gasteiger partial charge in [0.15, 0.2) is 0 Å². The second kappa shape index (κ2) is 9.81. The van der Waals surface area contributed by atoms with Crippen molar-refractivity contribution in [2.24, 2.45) is 0 Å². The maximum Gasteiger partial charge on any atom is 1.00 e. The molecule has 0 fully saturated rings. The van der Waals surface area contributed by atoms with Crippen LogP contribution in [-0.2, 0) is 20.2 Å². The molecule has 0 aliphatic carbocycles. The van der Waals surface area contributed by atoms with Crippen molar-refractivity contribution in [1.82, 2.24) is 0 Å². The molecule has 0 aromatic heterocycles. The monoisotopic (exact) mass is 276 g/mol. The van der Waals surface area contributed by atoms with E-state index in [0.717, 1.165) is 0 Å². The summed E-state index contributed by atoms with van der Waals surface area (Å²) < 4.78 is 55.3. The third-order valence-corrected chi connectivity index (χ3v) is 4.45. The molecular formula is C3H11Na3O6S2. The molecule has 0 aromatic rings. The predicted octanol–water partition coefficient (Wildman–Crippen LogP) is -9.15. The minimum atomic E-state index is -4.71. The van der Waals surface area contributed by atoms with Gasteiger partial charge in [0.05, 0.1) is 0 Å². The first-order chi connectivity index (χ1) is 4.69. The van der Waals surface area contributed by atoms with Crippen LogP contribution in [0.15, 0.2) is 0 Å². The number of hydrogen-bond donors (Lipinski definition) is 2. The molecule has 0 bridgehead atoms. The van der Waals surface area contributed by atoms with Gasteiger partial charge in [-0.05, 0) is 6.42 Å². The van der Waals surface area contributed by atoms with Crippen LogP contribution in [0.3, 0.4) is 0 Å². The zero-order chi connectivity index (χ0) is 9.28.